The van der Waals surface area contributed by atoms with Crippen molar-refractivity contribution in [3.8, 4) is 0 Å². The Morgan fingerprint density at radius 2 is 1.90 bits per heavy atom. The highest BCUT2D eigenvalue weighted by Crippen LogP contribution is 2.24. The van der Waals surface area contributed by atoms with Crippen LogP contribution in [0.4, 0.5) is 0 Å². The molecule has 1 aromatic carbocycles. The molecule has 21 heavy (non-hydrogen) atoms. The van der Waals surface area contributed by atoms with Gasteiger partial charge in [0.25, 0.3) is 0 Å². The fourth-order valence-electron chi connectivity index (χ4n) is 2.15. The largest absolute Gasteiger partial charge is 0.453 e. The molecule has 0 radical (unpaired) electrons. The van der Waals surface area contributed by atoms with Gasteiger partial charge >= 0.3 is 5.97 Å². The number of carbonyl (C=O) groups is 1. The second-order valence-corrected chi connectivity index (χ2v) is 4.68. The smallest absolute Gasteiger partial charge is 0.338 e. The van der Waals surface area contributed by atoms with Gasteiger partial charge in [0, 0.05) is 7.11 Å². The number of aliphatic hydroxyl groups is 3. The normalized spacial score (nSPS) is 32.7. The number of esters is 1. The van der Waals surface area contributed by atoms with Crippen LogP contribution in [-0.2, 0) is 14.2 Å². The summed E-state index contributed by atoms with van der Waals surface area (Å²) in [4.78, 5) is 12.0. The summed E-state index contributed by atoms with van der Waals surface area (Å²) >= 11 is 0. The highest BCUT2D eigenvalue weighted by atomic mass is 16.7. The zero-order valence-electron chi connectivity index (χ0n) is 11.5. The van der Waals surface area contributed by atoms with Crippen LogP contribution >= 0.6 is 0 Å². The molecule has 1 fully saturated rings. The zero-order valence-corrected chi connectivity index (χ0v) is 11.5. The van der Waals surface area contributed by atoms with E-state index in [1.165, 1.54) is 7.11 Å². The van der Waals surface area contributed by atoms with Gasteiger partial charge in [-0.05, 0) is 12.1 Å². The molecule has 0 spiro atoms. The van der Waals surface area contributed by atoms with Gasteiger partial charge in [0.15, 0.2) is 12.4 Å². The lowest BCUT2D eigenvalue weighted by molar-refractivity contribution is -0.293. The van der Waals surface area contributed by atoms with E-state index in [9.17, 15) is 15.0 Å². The second-order valence-electron chi connectivity index (χ2n) is 4.68. The van der Waals surface area contributed by atoms with E-state index in [1.54, 1.807) is 30.3 Å². The van der Waals surface area contributed by atoms with Crippen molar-refractivity contribution in [3.63, 3.8) is 0 Å². The molecule has 0 amide bonds. The molecule has 0 saturated carbocycles. The van der Waals surface area contributed by atoms with Gasteiger partial charge in [-0.3, -0.25) is 0 Å². The van der Waals surface area contributed by atoms with Gasteiger partial charge in [-0.2, -0.15) is 0 Å². The minimum atomic E-state index is -1.36. The van der Waals surface area contributed by atoms with Gasteiger partial charge in [-0.1, -0.05) is 18.2 Å². The Morgan fingerprint density at radius 1 is 1.24 bits per heavy atom. The van der Waals surface area contributed by atoms with E-state index in [1.807, 2.05) is 0 Å². The molecule has 1 aliphatic rings. The van der Waals surface area contributed by atoms with Crippen LogP contribution in [-0.4, -0.2) is 65.7 Å². The average Bonchev–Trinajstić information content (AvgIpc) is 2.52. The Labute approximate surface area is 121 Å². The monoisotopic (exact) mass is 298 g/mol. The molecule has 1 aromatic rings. The SMILES string of the molecule is CO[C@@H]1O[C@H](CO)[C@H](O)[C@H](OC(=O)c2ccccc2)[C@H]1O. The standard InChI is InChI=1S/C14H18O7/c1-19-14-11(17)12(10(16)9(7-15)20-14)21-13(18)8-5-3-2-4-6-8/h2-6,9-12,14-17H,7H2,1H3/t9-,10+,11-,12+,14-/m1/s1. The van der Waals surface area contributed by atoms with Gasteiger partial charge in [0.05, 0.1) is 12.2 Å². The molecular weight excluding hydrogens is 280 g/mol. The van der Waals surface area contributed by atoms with Crippen molar-refractivity contribution in [1.29, 1.82) is 0 Å². The first kappa shape index (κ1) is 15.9. The van der Waals surface area contributed by atoms with Crippen LogP contribution < -0.4 is 0 Å². The molecule has 1 heterocycles. The summed E-state index contributed by atoms with van der Waals surface area (Å²) in [6.45, 7) is -0.493. The van der Waals surface area contributed by atoms with Crippen LogP contribution in [0.15, 0.2) is 30.3 Å². The Hall–Kier alpha value is -1.51. The summed E-state index contributed by atoms with van der Waals surface area (Å²) in [6, 6.07) is 8.19. The number of aliphatic hydroxyl groups excluding tert-OH is 3. The third kappa shape index (κ3) is 3.39. The van der Waals surface area contributed by atoms with E-state index < -0.39 is 43.3 Å². The Kier molecular flexibility index (Phi) is 5.27. The maximum atomic E-state index is 12.0. The van der Waals surface area contributed by atoms with Crippen molar-refractivity contribution < 1.29 is 34.3 Å². The highest BCUT2D eigenvalue weighted by Gasteiger charge is 2.46. The van der Waals surface area contributed by atoms with Crippen LogP contribution in [0.1, 0.15) is 10.4 Å². The lowest BCUT2D eigenvalue weighted by Crippen LogP contribution is -2.60. The quantitative estimate of drug-likeness (QED) is 0.631. The second kappa shape index (κ2) is 6.97. The molecule has 116 valence electrons. The molecule has 0 aliphatic carbocycles. The molecule has 0 unspecified atom stereocenters. The number of benzene rings is 1. The van der Waals surface area contributed by atoms with Gasteiger partial charge < -0.3 is 29.5 Å². The number of methoxy groups -OCH3 is 1. The third-order valence-electron chi connectivity index (χ3n) is 3.31. The summed E-state index contributed by atoms with van der Waals surface area (Å²) in [7, 11) is 1.30. The molecule has 0 aromatic heterocycles. The van der Waals surface area contributed by atoms with Crippen molar-refractivity contribution in [3.05, 3.63) is 35.9 Å². The van der Waals surface area contributed by atoms with Crippen molar-refractivity contribution in [2.24, 2.45) is 0 Å². The molecule has 2 rings (SSSR count). The molecule has 1 saturated heterocycles. The fourth-order valence-corrected chi connectivity index (χ4v) is 2.15. The first-order chi connectivity index (χ1) is 10.1. The van der Waals surface area contributed by atoms with Crippen LogP contribution in [0.25, 0.3) is 0 Å². The lowest BCUT2D eigenvalue weighted by atomic mass is 9.99. The topological polar surface area (TPSA) is 105 Å². The van der Waals surface area contributed by atoms with Crippen molar-refractivity contribution in [2.75, 3.05) is 13.7 Å². The average molecular weight is 298 g/mol. The zero-order chi connectivity index (χ0) is 15.4. The summed E-state index contributed by atoms with van der Waals surface area (Å²) < 4.78 is 15.2. The Bertz CT molecular complexity index is 448. The third-order valence-corrected chi connectivity index (χ3v) is 3.31. The first-order valence-corrected chi connectivity index (χ1v) is 6.49. The number of hydrogen-bond acceptors (Lipinski definition) is 7. The molecule has 7 heteroatoms. The van der Waals surface area contributed by atoms with Gasteiger partial charge in [0.2, 0.25) is 0 Å². The van der Waals surface area contributed by atoms with E-state index >= 15 is 0 Å². The van der Waals surface area contributed by atoms with Crippen molar-refractivity contribution in [2.45, 2.75) is 30.7 Å². The van der Waals surface area contributed by atoms with E-state index in [0.717, 1.165) is 0 Å². The number of hydrogen-bond donors (Lipinski definition) is 3. The van der Waals surface area contributed by atoms with Crippen molar-refractivity contribution in [1.82, 2.24) is 0 Å². The van der Waals surface area contributed by atoms with Gasteiger partial charge in [0.1, 0.15) is 18.3 Å². The Morgan fingerprint density at radius 3 is 2.48 bits per heavy atom. The maximum Gasteiger partial charge on any atom is 0.338 e. The minimum Gasteiger partial charge on any atom is -0.453 e. The summed E-state index contributed by atoms with van der Waals surface area (Å²) in [5.74, 6) is -0.688. The lowest BCUT2D eigenvalue weighted by Gasteiger charge is -2.40. The molecule has 7 nitrogen and oxygen atoms in total. The van der Waals surface area contributed by atoms with Gasteiger partial charge in [-0.25, -0.2) is 4.79 Å². The maximum absolute atomic E-state index is 12.0. The molecule has 3 N–H and O–H groups in total. The molecule has 1 aliphatic heterocycles. The number of carbonyl (C=O) groups excluding carboxylic acids is 1. The Balaban J connectivity index is 2.13. The van der Waals surface area contributed by atoms with E-state index in [4.69, 9.17) is 19.3 Å². The van der Waals surface area contributed by atoms with Crippen LogP contribution in [0, 0.1) is 0 Å². The highest BCUT2D eigenvalue weighted by molar-refractivity contribution is 5.89. The summed E-state index contributed by atoms with van der Waals surface area (Å²) in [5, 5.41) is 29.2. The fraction of sp³-hybridized carbons (Fsp3) is 0.500. The van der Waals surface area contributed by atoms with E-state index in [-0.39, 0.29) is 5.56 Å². The van der Waals surface area contributed by atoms with Gasteiger partial charge in [-0.15, -0.1) is 0 Å². The van der Waals surface area contributed by atoms with Crippen LogP contribution in [0.3, 0.4) is 0 Å². The van der Waals surface area contributed by atoms with Crippen LogP contribution in [0.5, 0.6) is 0 Å². The predicted octanol–water partition coefficient (Wildman–Crippen LogP) is -0.703. The van der Waals surface area contributed by atoms with Crippen molar-refractivity contribution >= 4 is 5.97 Å². The van der Waals surface area contributed by atoms with E-state index in [0.29, 0.717) is 0 Å². The number of ether oxygens (including phenoxy) is 3. The molecular formula is C14H18O7. The number of rotatable bonds is 4. The summed E-state index contributed by atoms with van der Waals surface area (Å²) in [5.41, 5.74) is 0.290. The molecule has 5 atom stereocenters. The minimum absolute atomic E-state index is 0.290. The van der Waals surface area contributed by atoms with E-state index in [2.05, 4.69) is 0 Å². The first-order valence-electron chi connectivity index (χ1n) is 6.49. The summed E-state index contributed by atoms with van der Waals surface area (Å²) in [6.07, 6.45) is -6.08. The van der Waals surface area contributed by atoms with Crippen LogP contribution in [0.2, 0.25) is 0 Å². The predicted molar refractivity (Wildman–Crippen MR) is 70.4 cm³/mol. The molecule has 0 bridgehead atoms.